The average molecular weight is 208 g/mol. The summed E-state index contributed by atoms with van der Waals surface area (Å²) in [6.07, 6.45) is 2.27. The Morgan fingerprint density at radius 1 is 1.47 bits per heavy atom. The van der Waals surface area contributed by atoms with Crippen LogP contribution in [0, 0.1) is 0 Å². The molecule has 1 rings (SSSR count). The minimum atomic E-state index is 0.0757. The van der Waals surface area contributed by atoms with Crippen LogP contribution in [0.15, 0.2) is 24.3 Å². The van der Waals surface area contributed by atoms with E-state index in [2.05, 4.69) is 36.6 Å². The summed E-state index contributed by atoms with van der Waals surface area (Å²) in [5.41, 5.74) is 5.30. The molecule has 3 nitrogen and oxygen atoms in total. The van der Waals surface area contributed by atoms with E-state index >= 15 is 0 Å². The van der Waals surface area contributed by atoms with Crippen LogP contribution in [0.3, 0.4) is 0 Å². The van der Waals surface area contributed by atoms with Gasteiger partial charge in [-0.3, -0.25) is 11.3 Å². The van der Waals surface area contributed by atoms with Crippen molar-refractivity contribution in [1.82, 2.24) is 5.43 Å². The summed E-state index contributed by atoms with van der Waals surface area (Å²) in [5.74, 6) is 5.48. The molecule has 0 amide bonds. The van der Waals surface area contributed by atoms with Crippen molar-refractivity contribution < 1.29 is 4.74 Å². The number of aryl methyl sites for hydroxylation is 1. The quantitative estimate of drug-likeness (QED) is 0.553. The van der Waals surface area contributed by atoms with Crippen LogP contribution in [0.1, 0.15) is 30.5 Å². The first kappa shape index (κ1) is 12.2. The Morgan fingerprint density at radius 3 is 2.87 bits per heavy atom. The molecule has 0 aromatic heterocycles. The van der Waals surface area contributed by atoms with E-state index in [9.17, 15) is 0 Å². The standard InChI is InChI=1S/C12H20N2O/c1-3-5-10-6-4-7-11(8-10)12(14-13)9-15-2/h4,6-8,12,14H,3,5,9,13H2,1-2H3. The molecule has 0 spiro atoms. The maximum atomic E-state index is 5.48. The Balaban J connectivity index is 2.77. The number of hydrogen-bond acceptors (Lipinski definition) is 3. The normalized spacial score (nSPS) is 12.7. The summed E-state index contributed by atoms with van der Waals surface area (Å²) in [5, 5.41) is 0. The molecule has 1 atom stereocenters. The Bertz CT molecular complexity index is 289. The molecular formula is C12H20N2O. The van der Waals surface area contributed by atoms with Crippen molar-refractivity contribution in [2.75, 3.05) is 13.7 Å². The summed E-state index contributed by atoms with van der Waals surface area (Å²) in [6.45, 7) is 2.77. The number of nitrogens with one attached hydrogen (secondary N) is 1. The van der Waals surface area contributed by atoms with E-state index in [1.165, 1.54) is 11.1 Å². The molecule has 3 N–H and O–H groups in total. The zero-order chi connectivity index (χ0) is 11.1. The predicted molar refractivity (Wildman–Crippen MR) is 62.4 cm³/mol. The van der Waals surface area contributed by atoms with Gasteiger partial charge in [0.15, 0.2) is 0 Å². The monoisotopic (exact) mass is 208 g/mol. The molecule has 3 heteroatoms. The van der Waals surface area contributed by atoms with E-state index in [1.54, 1.807) is 7.11 Å². The molecule has 0 radical (unpaired) electrons. The van der Waals surface area contributed by atoms with E-state index in [-0.39, 0.29) is 6.04 Å². The molecule has 0 bridgehead atoms. The Labute approximate surface area is 91.6 Å². The van der Waals surface area contributed by atoms with Crippen molar-refractivity contribution in [2.45, 2.75) is 25.8 Å². The number of ether oxygens (including phenoxy) is 1. The highest BCUT2D eigenvalue weighted by Crippen LogP contribution is 2.15. The minimum Gasteiger partial charge on any atom is -0.383 e. The van der Waals surface area contributed by atoms with E-state index in [0.717, 1.165) is 12.8 Å². The third-order valence-electron chi connectivity index (χ3n) is 2.43. The van der Waals surface area contributed by atoms with Crippen molar-refractivity contribution in [3.63, 3.8) is 0 Å². The van der Waals surface area contributed by atoms with Crippen LogP contribution in [-0.4, -0.2) is 13.7 Å². The molecule has 1 aromatic rings. The first-order valence-electron chi connectivity index (χ1n) is 5.35. The fourth-order valence-corrected chi connectivity index (χ4v) is 1.66. The van der Waals surface area contributed by atoms with Crippen LogP contribution >= 0.6 is 0 Å². The van der Waals surface area contributed by atoms with E-state index < -0.39 is 0 Å². The minimum absolute atomic E-state index is 0.0757. The first-order chi connectivity index (χ1) is 7.31. The van der Waals surface area contributed by atoms with Crippen LogP contribution < -0.4 is 11.3 Å². The van der Waals surface area contributed by atoms with Gasteiger partial charge in [0.1, 0.15) is 0 Å². The SMILES string of the molecule is CCCc1cccc(C(COC)NN)c1. The largest absolute Gasteiger partial charge is 0.383 e. The van der Waals surface area contributed by atoms with Gasteiger partial charge in [0.2, 0.25) is 0 Å². The van der Waals surface area contributed by atoms with Gasteiger partial charge in [0, 0.05) is 7.11 Å². The number of nitrogens with two attached hydrogens (primary N) is 1. The van der Waals surface area contributed by atoms with Crippen LogP contribution in [0.2, 0.25) is 0 Å². The molecule has 84 valence electrons. The van der Waals surface area contributed by atoms with Crippen LogP contribution in [-0.2, 0) is 11.2 Å². The lowest BCUT2D eigenvalue weighted by Crippen LogP contribution is -2.31. The van der Waals surface area contributed by atoms with Crippen LogP contribution in [0.5, 0.6) is 0 Å². The number of hydrazine groups is 1. The van der Waals surface area contributed by atoms with E-state index in [1.807, 2.05) is 0 Å². The van der Waals surface area contributed by atoms with Gasteiger partial charge in [-0.2, -0.15) is 0 Å². The van der Waals surface area contributed by atoms with Gasteiger partial charge in [0.25, 0.3) is 0 Å². The number of benzene rings is 1. The maximum absolute atomic E-state index is 5.48. The predicted octanol–water partition coefficient (Wildman–Crippen LogP) is 1.79. The molecule has 1 aromatic carbocycles. The number of methoxy groups -OCH3 is 1. The van der Waals surface area contributed by atoms with Crippen molar-refractivity contribution >= 4 is 0 Å². The zero-order valence-corrected chi connectivity index (χ0v) is 9.49. The molecule has 0 fully saturated rings. The van der Waals surface area contributed by atoms with Crippen molar-refractivity contribution in [1.29, 1.82) is 0 Å². The van der Waals surface area contributed by atoms with Crippen molar-refractivity contribution in [3.05, 3.63) is 35.4 Å². The van der Waals surface area contributed by atoms with Crippen molar-refractivity contribution in [3.8, 4) is 0 Å². The highest BCUT2D eigenvalue weighted by molar-refractivity contribution is 5.26. The lowest BCUT2D eigenvalue weighted by Gasteiger charge is -2.16. The number of hydrogen-bond donors (Lipinski definition) is 2. The van der Waals surface area contributed by atoms with E-state index in [0.29, 0.717) is 6.61 Å². The first-order valence-corrected chi connectivity index (χ1v) is 5.35. The zero-order valence-electron chi connectivity index (χ0n) is 9.49. The molecule has 1 unspecified atom stereocenters. The van der Waals surface area contributed by atoms with Crippen LogP contribution in [0.25, 0.3) is 0 Å². The van der Waals surface area contributed by atoms with E-state index in [4.69, 9.17) is 10.6 Å². The second-order valence-corrected chi connectivity index (χ2v) is 3.67. The molecule has 0 aliphatic heterocycles. The van der Waals surface area contributed by atoms with Gasteiger partial charge in [0.05, 0.1) is 12.6 Å². The second kappa shape index (κ2) is 6.56. The topological polar surface area (TPSA) is 47.3 Å². The third kappa shape index (κ3) is 3.63. The lowest BCUT2D eigenvalue weighted by molar-refractivity contribution is 0.167. The Hall–Kier alpha value is -0.900. The highest BCUT2D eigenvalue weighted by Gasteiger charge is 2.08. The summed E-state index contributed by atoms with van der Waals surface area (Å²) < 4.78 is 5.11. The van der Waals surface area contributed by atoms with Gasteiger partial charge >= 0.3 is 0 Å². The molecule has 0 saturated carbocycles. The lowest BCUT2D eigenvalue weighted by atomic mass is 10.0. The Kier molecular flexibility index (Phi) is 5.32. The third-order valence-corrected chi connectivity index (χ3v) is 2.43. The second-order valence-electron chi connectivity index (χ2n) is 3.67. The molecule has 0 aliphatic carbocycles. The van der Waals surface area contributed by atoms with Gasteiger partial charge in [-0.25, -0.2) is 0 Å². The summed E-state index contributed by atoms with van der Waals surface area (Å²) in [7, 11) is 1.68. The molecule has 0 heterocycles. The highest BCUT2D eigenvalue weighted by atomic mass is 16.5. The molecule has 15 heavy (non-hydrogen) atoms. The van der Waals surface area contributed by atoms with Gasteiger partial charge in [-0.05, 0) is 17.5 Å². The van der Waals surface area contributed by atoms with Gasteiger partial charge < -0.3 is 4.74 Å². The fraction of sp³-hybridized carbons (Fsp3) is 0.500. The fourth-order valence-electron chi connectivity index (χ4n) is 1.66. The summed E-state index contributed by atoms with van der Waals surface area (Å²) >= 11 is 0. The molecule has 0 saturated heterocycles. The maximum Gasteiger partial charge on any atom is 0.0693 e. The van der Waals surface area contributed by atoms with Gasteiger partial charge in [-0.15, -0.1) is 0 Å². The molecular weight excluding hydrogens is 188 g/mol. The Morgan fingerprint density at radius 2 is 2.27 bits per heavy atom. The average Bonchev–Trinajstić information content (AvgIpc) is 2.27. The number of rotatable bonds is 6. The van der Waals surface area contributed by atoms with Crippen molar-refractivity contribution in [2.24, 2.45) is 5.84 Å². The van der Waals surface area contributed by atoms with Gasteiger partial charge in [-0.1, -0.05) is 37.6 Å². The summed E-state index contributed by atoms with van der Waals surface area (Å²) in [4.78, 5) is 0. The van der Waals surface area contributed by atoms with Crippen LogP contribution in [0.4, 0.5) is 0 Å². The molecule has 0 aliphatic rings. The summed E-state index contributed by atoms with van der Waals surface area (Å²) in [6, 6.07) is 8.55. The smallest absolute Gasteiger partial charge is 0.0693 e.